The van der Waals surface area contributed by atoms with Crippen molar-refractivity contribution in [3.05, 3.63) is 23.3 Å². The van der Waals surface area contributed by atoms with Crippen molar-refractivity contribution >= 4 is 6.29 Å². The van der Waals surface area contributed by atoms with E-state index in [1.807, 2.05) is 6.07 Å². The van der Waals surface area contributed by atoms with E-state index in [4.69, 9.17) is 9.47 Å². The van der Waals surface area contributed by atoms with Gasteiger partial charge in [0.05, 0.1) is 14.2 Å². The molecule has 4 rings (SSSR count). The Bertz CT molecular complexity index is 695. The molecule has 142 valence electrons. The number of hydrogen-bond acceptors (Lipinski definition) is 3. The minimum Gasteiger partial charge on any atom is -0.496 e. The number of benzene rings is 1. The zero-order valence-electron chi connectivity index (χ0n) is 16.6. The summed E-state index contributed by atoms with van der Waals surface area (Å²) in [5, 5.41) is 0. The van der Waals surface area contributed by atoms with E-state index in [0.29, 0.717) is 5.92 Å². The molecule has 5 atom stereocenters. The van der Waals surface area contributed by atoms with Gasteiger partial charge in [0.1, 0.15) is 17.8 Å². The van der Waals surface area contributed by atoms with Crippen LogP contribution in [0, 0.1) is 35.0 Å². The quantitative estimate of drug-likeness (QED) is 0.734. The first-order valence-corrected chi connectivity index (χ1v) is 10.2. The zero-order chi connectivity index (χ0) is 18.5. The molecule has 2 saturated carbocycles. The van der Waals surface area contributed by atoms with Crippen molar-refractivity contribution in [2.24, 2.45) is 35.0 Å². The van der Waals surface area contributed by atoms with Crippen molar-refractivity contribution in [2.75, 3.05) is 14.2 Å². The van der Waals surface area contributed by atoms with Crippen LogP contribution in [0.1, 0.15) is 50.7 Å². The minimum absolute atomic E-state index is 0.196. The van der Waals surface area contributed by atoms with Crippen molar-refractivity contribution in [1.29, 1.82) is 0 Å². The normalized spacial score (nSPS) is 35.4. The van der Waals surface area contributed by atoms with E-state index in [1.165, 1.54) is 36.7 Å². The van der Waals surface area contributed by atoms with Crippen LogP contribution < -0.4 is 9.47 Å². The van der Waals surface area contributed by atoms with Crippen molar-refractivity contribution in [2.45, 2.75) is 52.4 Å². The average Bonchev–Trinajstić information content (AvgIpc) is 3.02. The van der Waals surface area contributed by atoms with E-state index in [-0.39, 0.29) is 11.3 Å². The summed E-state index contributed by atoms with van der Waals surface area (Å²) in [7, 11) is 3.52. The Morgan fingerprint density at radius 1 is 1.04 bits per heavy atom. The van der Waals surface area contributed by atoms with Crippen molar-refractivity contribution in [3.63, 3.8) is 0 Å². The fourth-order valence-corrected chi connectivity index (χ4v) is 6.87. The number of carbonyl (C=O) groups is 1. The third kappa shape index (κ3) is 2.42. The van der Waals surface area contributed by atoms with Gasteiger partial charge >= 0.3 is 0 Å². The number of fused-ring (bicyclic) bond motifs is 1. The van der Waals surface area contributed by atoms with Crippen molar-refractivity contribution in [1.82, 2.24) is 0 Å². The lowest BCUT2D eigenvalue weighted by molar-refractivity contribution is -0.119. The Labute approximate surface area is 157 Å². The Morgan fingerprint density at radius 2 is 1.73 bits per heavy atom. The number of carbonyl (C=O) groups excluding carboxylic acids is 1. The summed E-state index contributed by atoms with van der Waals surface area (Å²) < 4.78 is 11.4. The van der Waals surface area contributed by atoms with Crippen LogP contribution in [-0.2, 0) is 17.6 Å². The summed E-state index contributed by atoms with van der Waals surface area (Å²) in [6.45, 7) is 4.76. The monoisotopic (exact) mass is 356 g/mol. The molecule has 3 heteroatoms. The molecule has 0 heterocycles. The maximum atomic E-state index is 11.9. The summed E-state index contributed by atoms with van der Waals surface area (Å²) in [5.41, 5.74) is 2.89. The molecule has 0 saturated heterocycles. The Kier molecular flexibility index (Phi) is 4.53. The van der Waals surface area contributed by atoms with E-state index >= 15 is 0 Å². The predicted molar refractivity (Wildman–Crippen MR) is 103 cm³/mol. The van der Waals surface area contributed by atoms with Crippen LogP contribution >= 0.6 is 0 Å². The standard InChI is InChI=1S/C23H32O3/c1-14(2)16-9-10-23-12-18-17(21(25-3)7-8-22(18)26-4)11-20(23)15(13-24)5-6-19(16)23/h7-8,13-16,19-20H,5-6,9-12H2,1-4H3. The molecule has 3 aliphatic rings. The number of methoxy groups -OCH3 is 2. The van der Waals surface area contributed by atoms with E-state index in [2.05, 4.69) is 19.9 Å². The second-order valence-corrected chi connectivity index (χ2v) is 9.08. The molecule has 5 unspecified atom stereocenters. The van der Waals surface area contributed by atoms with Crippen LogP contribution in [0.2, 0.25) is 0 Å². The highest BCUT2D eigenvalue weighted by Gasteiger charge is 2.59. The molecule has 1 aromatic rings. The Morgan fingerprint density at radius 3 is 2.35 bits per heavy atom. The average molecular weight is 357 g/mol. The number of hydrogen-bond donors (Lipinski definition) is 0. The van der Waals surface area contributed by atoms with Gasteiger partial charge in [-0.25, -0.2) is 0 Å². The third-order valence-electron chi connectivity index (χ3n) is 8.01. The Balaban J connectivity index is 1.84. The maximum absolute atomic E-state index is 11.9. The SMILES string of the molecule is COc1ccc(OC)c2c1CC1C(C=O)CCC3C(C(C)C)CCC13C2. The largest absolute Gasteiger partial charge is 0.496 e. The molecule has 3 aliphatic carbocycles. The van der Waals surface area contributed by atoms with Crippen LogP contribution in [-0.4, -0.2) is 20.5 Å². The first-order valence-electron chi connectivity index (χ1n) is 10.2. The summed E-state index contributed by atoms with van der Waals surface area (Å²) in [6, 6.07) is 4.08. The molecular formula is C23H32O3. The van der Waals surface area contributed by atoms with Crippen molar-refractivity contribution in [3.8, 4) is 11.5 Å². The van der Waals surface area contributed by atoms with Crippen LogP contribution in [0.5, 0.6) is 11.5 Å². The number of rotatable bonds is 4. The molecular weight excluding hydrogens is 324 g/mol. The highest BCUT2D eigenvalue weighted by molar-refractivity contribution is 5.57. The molecule has 3 nitrogen and oxygen atoms in total. The summed E-state index contributed by atoms with van der Waals surface area (Å²) in [6.07, 6.45) is 8.10. The molecule has 2 fully saturated rings. The molecule has 0 bridgehead atoms. The number of aldehydes is 1. The Hall–Kier alpha value is -1.51. The number of ether oxygens (including phenoxy) is 2. The lowest BCUT2D eigenvalue weighted by Crippen LogP contribution is -2.49. The topological polar surface area (TPSA) is 35.5 Å². The minimum atomic E-state index is 0.196. The van der Waals surface area contributed by atoms with Gasteiger partial charge < -0.3 is 14.3 Å². The second-order valence-electron chi connectivity index (χ2n) is 9.08. The molecule has 0 aliphatic heterocycles. The fraction of sp³-hybridized carbons (Fsp3) is 0.696. The maximum Gasteiger partial charge on any atom is 0.123 e. The summed E-state index contributed by atoms with van der Waals surface area (Å²) in [5.74, 6) is 4.86. The summed E-state index contributed by atoms with van der Waals surface area (Å²) >= 11 is 0. The van der Waals surface area contributed by atoms with Gasteiger partial charge in [-0.1, -0.05) is 13.8 Å². The first-order chi connectivity index (χ1) is 12.6. The highest BCUT2D eigenvalue weighted by Crippen LogP contribution is 2.65. The van der Waals surface area contributed by atoms with Gasteiger partial charge in [-0.3, -0.25) is 0 Å². The molecule has 0 N–H and O–H groups in total. The molecule has 1 spiro atoms. The molecule has 0 aromatic heterocycles. The smallest absolute Gasteiger partial charge is 0.123 e. The van der Waals surface area contributed by atoms with Gasteiger partial charge in [-0.2, -0.15) is 0 Å². The third-order valence-corrected chi connectivity index (χ3v) is 8.01. The van der Waals surface area contributed by atoms with Crippen LogP contribution in [0.15, 0.2) is 12.1 Å². The predicted octanol–water partition coefficient (Wildman–Crippen LogP) is 4.70. The van der Waals surface area contributed by atoms with E-state index in [0.717, 1.165) is 48.5 Å². The zero-order valence-corrected chi connectivity index (χ0v) is 16.6. The van der Waals surface area contributed by atoms with Gasteiger partial charge in [-0.15, -0.1) is 0 Å². The van der Waals surface area contributed by atoms with Gasteiger partial charge in [0, 0.05) is 17.0 Å². The van der Waals surface area contributed by atoms with E-state index in [1.54, 1.807) is 14.2 Å². The van der Waals surface area contributed by atoms with Gasteiger partial charge in [0.15, 0.2) is 0 Å². The first kappa shape index (κ1) is 17.9. The lowest BCUT2D eigenvalue weighted by Gasteiger charge is -2.53. The fourth-order valence-electron chi connectivity index (χ4n) is 6.87. The molecule has 0 amide bonds. The van der Waals surface area contributed by atoms with Gasteiger partial charge in [0.25, 0.3) is 0 Å². The van der Waals surface area contributed by atoms with E-state index in [9.17, 15) is 4.79 Å². The summed E-state index contributed by atoms with van der Waals surface area (Å²) in [4.78, 5) is 11.9. The highest BCUT2D eigenvalue weighted by atomic mass is 16.5. The van der Waals surface area contributed by atoms with Gasteiger partial charge in [-0.05, 0) is 79.7 Å². The lowest BCUT2D eigenvalue weighted by atomic mass is 9.50. The molecule has 0 radical (unpaired) electrons. The van der Waals surface area contributed by atoms with Crippen molar-refractivity contribution < 1.29 is 14.3 Å². The van der Waals surface area contributed by atoms with Gasteiger partial charge in [0.2, 0.25) is 0 Å². The van der Waals surface area contributed by atoms with Crippen LogP contribution in [0.4, 0.5) is 0 Å². The molecule has 26 heavy (non-hydrogen) atoms. The van der Waals surface area contributed by atoms with E-state index < -0.39 is 0 Å². The van der Waals surface area contributed by atoms with Crippen LogP contribution in [0.25, 0.3) is 0 Å². The second kappa shape index (κ2) is 6.58. The van der Waals surface area contributed by atoms with Crippen LogP contribution in [0.3, 0.4) is 0 Å². The molecule has 1 aromatic carbocycles.